The molecule has 0 aliphatic heterocycles. The van der Waals surface area contributed by atoms with E-state index in [9.17, 15) is 14.4 Å². The summed E-state index contributed by atoms with van der Waals surface area (Å²) in [4.78, 5) is 32.0. The molecule has 0 saturated carbocycles. The number of carbonyl (C=O) groups excluding carboxylic acids is 2. The molecular formula is C7H13N3O4. The summed E-state index contributed by atoms with van der Waals surface area (Å²) in [6, 6.07) is -1.15. The average Bonchev–Trinajstić information content (AvgIpc) is 2.11. The third kappa shape index (κ3) is 5.09. The summed E-state index contributed by atoms with van der Waals surface area (Å²) in [7, 11) is 0. The minimum Gasteiger partial charge on any atom is -0.480 e. The number of carboxylic acid groups (broad SMARTS) is 1. The number of rotatable bonds is 7. The van der Waals surface area contributed by atoms with Gasteiger partial charge in [-0.05, 0) is 6.42 Å². The lowest BCUT2D eigenvalue weighted by molar-refractivity contribution is -0.141. The predicted octanol–water partition coefficient (Wildman–Crippen LogP) is -2.22. The van der Waals surface area contributed by atoms with E-state index in [0.717, 1.165) is 0 Å². The van der Waals surface area contributed by atoms with Crippen molar-refractivity contribution in [2.45, 2.75) is 18.9 Å². The topological polar surface area (TPSA) is 136 Å². The number of hydrogen-bond donors (Lipinski definition) is 4. The zero-order valence-electron chi connectivity index (χ0n) is 8.45. The molecule has 0 spiro atoms. The van der Waals surface area contributed by atoms with Crippen molar-refractivity contribution in [1.29, 1.82) is 0 Å². The second-order valence-electron chi connectivity index (χ2n) is 2.64. The second-order valence-corrected chi connectivity index (χ2v) is 2.64. The molecule has 7 heteroatoms. The summed E-state index contributed by atoms with van der Waals surface area (Å²) in [6.07, 6.45) is -0.181. The molecule has 0 saturated heterocycles. The van der Waals surface area contributed by atoms with Gasteiger partial charge in [0.25, 0.3) is 0 Å². The van der Waals surface area contributed by atoms with Gasteiger partial charge in [0.05, 0.1) is 6.54 Å². The van der Waals surface area contributed by atoms with Crippen LogP contribution in [0.4, 0.5) is 0 Å². The molecule has 0 radical (unpaired) electrons. The van der Waals surface area contributed by atoms with Gasteiger partial charge in [-0.1, -0.05) is 0 Å². The minimum absolute atomic E-state index is 0.0611. The third-order valence-corrected chi connectivity index (χ3v) is 1.47. The summed E-state index contributed by atoms with van der Waals surface area (Å²) < 4.78 is 6.52. The van der Waals surface area contributed by atoms with Crippen LogP contribution in [0.3, 0.4) is 0 Å². The van der Waals surface area contributed by atoms with Crippen LogP contribution in [0.25, 0.3) is 0 Å². The Kier molecular flexibility index (Phi) is 4.42. The quantitative estimate of drug-likeness (QED) is 0.372. The molecule has 0 rings (SSSR count). The summed E-state index contributed by atoms with van der Waals surface area (Å²) in [5.41, 5.74) is 6.67. The average molecular weight is 204 g/mol. The Morgan fingerprint density at radius 2 is 2.14 bits per heavy atom. The highest BCUT2D eigenvalue weighted by Crippen LogP contribution is 1.96. The second kappa shape index (κ2) is 5.92. The standard InChI is InChI=1S/C7H13N3O4/c8-3-6(12)10-4(7(13)14)1-2-5(9)11/h4H,1-3,8H2,(H2,9,11)(H,10,12)(H,13,14)/t4-/m0/s1/i/hD. The first-order valence-corrected chi connectivity index (χ1v) is 3.92. The van der Waals surface area contributed by atoms with E-state index in [2.05, 4.69) is 5.32 Å². The smallest absolute Gasteiger partial charge is 0.326 e. The van der Waals surface area contributed by atoms with Gasteiger partial charge in [0, 0.05) is 6.42 Å². The SMILES string of the molecule is [2H]NCC(=O)N[C@@H](CCC(N)=O)C(=O)O. The summed E-state index contributed by atoms with van der Waals surface area (Å²) in [5, 5.41) is 10.8. The van der Waals surface area contributed by atoms with Crippen molar-refractivity contribution >= 4 is 17.8 Å². The molecule has 7 nitrogen and oxygen atoms in total. The Balaban J connectivity index is 4.10. The number of hydrogen-bond acceptors (Lipinski definition) is 4. The number of nitrogens with one attached hydrogen (secondary N) is 1. The van der Waals surface area contributed by atoms with Gasteiger partial charge in [-0.15, -0.1) is 0 Å². The van der Waals surface area contributed by atoms with Gasteiger partial charge < -0.3 is 21.9 Å². The summed E-state index contributed by atoms with van der Waals surface area (Å²) in [6.45, 7) is -0.305. The van der Waals surface area contributed by atoms with Gasteiger partial charge in [0.15, 0.2) is 0 Å². The highest BCUT2D eigenvalue weighted by Gasteiger charge is 2.19. The first-order chi connectivity index (χ1) is 6.97. The van der Waals surface area contributed by atoms with Crippen molar-refractivity contribution in [3.63, 3.8) is 0 Å². The van der Waals surface area contributed by atoms with Gasteiger partial charge >= 0.3 is 5.97 Å². The maximum Gasteiger partial charge on any atom is 0.326 e. The van der Waals surface area contributed by atoms with Crippen LogP contribution in [-0.2, 0) is 14.4 Å². The predicted molar refractivity (Wildman–Crippen MR) is 47.0 cm³/mol. The number of carboxylic acids is 1. The zero-order chi connectivity index (χ0) is 11.8. The molecule has 0 aromatic rings. The number of amides is 2. The van der Waals surface area contributed by atoms with Crippen LogP contribution in [0.1, 0.15) is 12.8 Å². The number of nitrogens with two attached hydrogens (primary N) is 2. The fourth-order valence-corrected chi connectivity index (χ4v) is 0.789. The molecule has 0 aliphatic carbocycles. The molecule has 0 aromatic heterocycles. The first-order valence-electron chi connectivity index (χ1n) is 4.42. The van der Waals surface area contributed by atoms with Crippen molar-refractivity contribution in [2.24, 2.45) is 11.5 Å². The molecule has 0 heterocycles. The lowest BCUT2D eigenvalue weighted by atomic mass is 10.1. The third-order valence-electron chi connectivity index (χ3n) is 1.47. The minimum atomic E-state index is -1.24. The first kappa shape index (κ1) is 10.5. The normalized spacial score (nSPS) is 12.7. The van der Waals surface area contributed by atoms with Crippen LogP contribution in [0, 0.1) is 0 Å². The molecule has 0 unspecified atom stereocenters. The van der Waals surface area contributed by atoms with Crippen LogP contribution < -0.4 is 16.8 Å². The Bertz CT molecular complexity index is 259. The van der Waals surface area contributed by atoms with E-state index in [1.165, 1.54) is 0 Å². The molecule has 80 valence electrons. The van der Waals surface area contributed by atoms with Crippen molar-refractivity contribution in [3.05, 3.63) is 0 Å². The van der Waals surface area contributed by atoms with E-state index in [1.54, 1.807) is 0 Å². The maximum absolute atomic E-state index is 10.9. The van der Waals surface area contributed by atoms with Crippen LogP contribution in [0.15, 0.2) is 0 Å². The molecule has 0 fully saturated rings. The summed E-state index contributed by atoms with van der Waals surface area (Å²) >= 11 is 0. The molecule has 14 heavy (non-hydrogen) atoms. The lowest BCUT2D eigenvalue weighted by Gasteiger charge is -2.12. The molecule has 1 atom stereocenters. The Hall–Kier alpha value is -1.63. The molecule has 0 aromatic carbocycles. The van der Waals surface area contributed by atoms with Crippen molar-refractivity contribution in [1.82, 2.24) is 5.32 Å². The summed E-state index contributed by atoms with van der Waals surface area (Å²) in [5.74, 6) is -2.49. The fraction of sp³-hybridized carbons (Fsp3) is 0.571. The van der Waals surface area contributed by atoms with E-state index in [-0.39, 0.29) is 19.4 Å². The zero-order valence-corrected chi connectivity index (χ0v) is 7.45. The van der Waals surface area contributed by atoms with Crippen LogP contribution in [0.2, 0.25) is 1.41 Å². The Morgan fingerprint density at radius 3 is 2.57 bits per heavy atom. The van der Waals surface area contributed by atoms with Gasteiger partial charge in [0.2, 0.25) is 11.8 Å². The van der Waals surface area contributed by atoms with Gasteiger partial charge in [-0.2, -0.15) is 0 Å². The molecule has 6 N–H and O–H groups in total. The lowest BCUT2D eigenvalue weighted by Crippen LogP contribution is -2.43. The number of primary amides is 1. The van der Waals surface area contributed by atoms with E-state index in [4.69, 9.17) is 12.3 Å². The Morgan fingerprint density at radius 1 is 1.50 bits per heavy atom. The molecular weight excluding hydrogens is 190 g/mol. The fourth-order valence-electron chi connectivity index (χ4n) is 0.789. The van der Waals surface area contributed by atoms with E-state index in [1.807, 2.05) is 5.73 Å². The number of aliphatic carboxylic acids is 1. The van der Waals surface area contributed by atoms with Gasteiger partial charge in [-0.3, -0.25) is 9.59 Å². The monoisotopic (exact) mass is 204 g/mol. The Labute approximate surface area is 81.9 Å². The van der Waals surface area contributed by atoms with Gasteiger partial charge in [-0.25, -0.2) is 4.79 Å². The van der Waals surface area contributed by atoms with E-state index >= 15 is 0 Å². The van der Waals surface area contributed by atoms with E-state index in [0.29, 0.717) is 0 Å². The van der Waals surface area contributed by atoms with Crippen LogP contribution in [-0.4, -0.2) is 35.5 Å². The van der Waals surface area contributed by atoms with Crippen LogP contribution >= 0.6 is 0 Å². The van der Waals surface area contributed by atoms with Crippen molar-refractivity contribution in [3.8, 4) is 0 Å². The van der Waals surface area contributed by atoms with Crippen molar-refractivity contribution < 1.29 is 20.9 Å². The number of carbonyl (C=O) groups is 3. The van der Waals surface area contributed by atoms with Crippen molar-refractivity contribution in [2.75, 3.05) is 6.54 Å². The largest absolute Gasteiger partial charge is 0.480 e. The highest BCUT2D eigenvalue weighted by atomic mass is 16.4. The molecule has 2 amide bonds. The maximum atomic E-state index is 10.9. The highest BCUT2D eigenvalue weighted by molar-refractivity contribution is 5.85. The van der Waals surface area contributed by atoms with Crippen LogP contribution in [0.5, 0.6) is 0 Å². The van der Waals surface area contributed by atoms with E-state index < -0.39 is 23.8 Å². The van der Waals surface area contributed by atoms with Gasteiger partial charge in [0.1, 0.15) is 7.45 Å². The molecule has 0 bridgehead atoms. The molecule has 0 aliphatic rings.